The highest BCUT2D eigenvalue weighted by atomic mass is 32.2. The number of rotatable bonds is 8. The van der Waals surface area contributed by atoms with Gasteiger partial charge in [0.25, 0.3) is 12.3 Å². The van der Waals surface area contributed by atoms with E-state index in [4.69, 9.17) is 5.11 Å². The molecule has 0 aliphatic rings. The summed E-state index contributed by atoms with van der Waals surface area (Å²) < 4.78 is 84.8. The average Bonchev–Trinajstić information content (AvgIpc) is 2.49. The number of halogens is 5. The van der Waals surface area contributed by atoms with Crippen LogP contribution in [0.5, 0.6) is 0 Å². The third-order valence-corrected chi connectivity index (χ3v) is 5.29. The van der Waals surface area contributed by atoms with Crippen molar-refractivity contribution in [2.24, 2.45) is 0 Å². The Labute approximate surface area is 150 Å². The normalized spacial score (nSPS) is 16.3. The van der Waals surface area contributed by atoms with Crippen LogP contribution in [0.4, 0.5) is 22.0 Å². The van der Waals surface area contributed by atoms with Crippen molar-refractivity contribution in [3.05, 3.63) is 35.6 Å². The molecule has 0 aliphatic carbocycles. The molecule has 0 amide bonds. The molecule has 148 valence electrons. The Morgan fingerprint density at radius 2 is 1.77 bits per heavy atom. The molecule has 10 heteroatoms. The van der Waals surface area contributed by atoms with Crippen molar-refractivity contribution in [3.63, 3.8) is 0 Å². The predicted octanol–water partition coefficient (Wildman–Crippen LogP) is 3.84. The number of carboxylic acids is 1. The first-order chi connectivity index (χ1) is 11.8. The van der Waals surface area contributed by atoms with Crippen LogP contribution in [0, 0.1) is 5.82 Å². The molecular weight excluding hydrogens is 381 g/mol. The van der Waals surface area contributed by atoms with E-state index in [1.807, 2.05) is 0 Å². The quantitative estimate of drug-likeness (QED) is 0.651. The molecule has 0 fully saturated rings. The van der Waals surface area contributed by atoms with E-state index >= 15 is 0 Å². The third kappa shape index (κ3) is 4.59. The van der Waals surface area contributed by atoms with Crippen LogP contribution in [-0.4, -0.2) is 32.4 Å². The monoisotopic (exact) mass is 401 g/mol. The van der Waals surface area contributed by atoms with Crippen LogP contribution in [-0.2, 0) is 21.3 Å². The number of alkyl halides is 4. The first kappa shape index (κ1) is 22.5. The van der Waals surface area contributed by atoms with E-state index in [1.165, 1.54) is 20.8 Å². The van der Waals surface area contributed by atoms with Gasteiger partial charge in [0.1, 0.15) is 5.82 Å². The Balaban J connectivity index is 3.64. The van der Waals surface area contributed by atoms with Gasteiger partial charge in [0.15, 0.2) is 5.54 Å². The molecule has 2 atom stereocenters. The zero-order valence-electron chi connectivity index (χ0n) is 14.4. The van der Waals surface area contributed by atoms with E-state index < -0.39 is 63.8 Å². The molecule has 0 saturated carbocycles. The van der Waals surface area contributed by atoms with E-state index in [2.05, 4.69) is 0 Å². The first-order valence-electron chi connectivity index (χ1n) is 7.58. The summed E-state index contributed by atoms with van der Waals surface area (Å²) in [5.41, 5.74) is -4.74. The lowest BCUT2D eigenvalue weighted by atomic mass is 9.82. The number of hydrogen-bond acceptors (Lipinski definition) is 2. The maximum absolute atomic E-state index is 14.9. The average molecular weight is 401 g/mol. The molecule has 0 radical (unpaired) electrons. The highest BCUT2D eigenvalue weighted by Gasteiger charge is 2.63. The lowest BCUT2D eigenvalue weighted by Gasteiger charge is -2.41. The van der Waals surface area contributed by atoms with Gasteiger partial charge in [0.2, 0.25) is 0 Å². The van der Waals surface area contributed by atoms with Crippen molar-refractivity contribution in [3.8, 4) is 0 Å². The molecule has 1 aromatic carbocycles. The van der Waals surface area contributed by atoms with Gasteiger partial charge in [-0.3, -0.25) is 4.79 Å². The van der Waals surface area contributed by atoms with Gasteiger partial charge in [-0.2, -0.15) is 0 Å². The molecule has 0 bridgehead atoms. The van der Waals surface area contributed by atoms with Crippen LogP contribution >= 0.6 is 0 Å². The summed E-state index contributed by atoms with van der Waals surface area (Å²) in [7, 11) is -2.42. The SMILES string of the molecule is CC(C)(C)S(=O)N[C@@](c1ccccc1F)(C(F)F)C(F)(F)CCC(=O)O. The molecular formula is C16H20F5NO3S. The second-order valence-electron chi connectivity index (χ2n) is 6.67. The largest absolute Gasteiger partial charge is 0.481 e. The molecule has 0 aliphatic heterocycles. The topological polar surface area (TPSA) is 66.4 Å². The summed E-state index contributed by atoms with van der Waals surface area (Å²) >= 11 is 0. The number of carbonyl (C=O) groups is 1. The maximum atomic E-state index is 14.9. The zero-order valence-corrected chi connectivity index (χ0v) is 15.2. The maximum Gasteiger partial charge on any atom is 0.303 e. The van der Waals surface area contributed by atoms with Crippen LogP contribution in [0.2, 0.25) is 0 Å². The summed E-state index contributed by atoms with van der Waals surface area (Å²) in [5, 5.41) is 8.64. The number of nitrogens with one attached hydrogen (secondary N) is 1. The Bertz CT molecular complexity index is 678. The lowest BCUT2D eigenvalue weighted by molar-refractivity contribution is -0.159. The van der Waals surface area contributed by atoms with E-state index in [1.54, 1.807) is 4.72 Å². The summed E-state index contributed by atoms with van der Waals surface area (Å²) in [6.07, 6.45) is -6.50. The minimum absolute atomic E-state index is 0.724. The third-order valence-electron chi connectivity index (χ3n) is 3.67. The minimum Gasteiger partial charge on any atom is -0.481 e. The lowest BCUT2D eigenvalue weighted by Crippen LogP contribution is -2.63. The highest BCUT2D eigenvalue weighted by molar-refractivity contribution is 7.84. The molecule has 0 heterocycles. The Kier molecular flexibility index (Phi) is 6.92. The van der Waals surface area contributed by atoms with Gasteiger partial charge < -0.3 is 5.11 Å². The summed E-state index contributed by atoms with van der Waals surface area (Å²) in [5.74, 6) is -7.39. The number of aliphatic carboxylic acids is 1. The van der Waals surface area contributed by atoms with Crippen LogP contribution in [0.3, 0.4) is 0 Å². The van der Waals surface area contributed by atoms with Gasteiger partial charge in [-0.15, -0.1) is 0 Å². The molecule has 0 spiro atoms. The van der Waals surface area contributed by atoms with Crippen molar-refractivity contribution < 1.29 is 36.1 Å². The molecule has 4 nitrogen and oxygen atoms in total. The van der Waals surface area contributed by atoms with Gasteiger partial charge in [-0.1, -0.05) is 18.2 Å². The van der Waals surface area contributed by atoms with Crippen molar-refractivity contribution in [1.82, 2.24) is 4.72 Å². The second kappa shape index (κ2) is 7.99. The molecule has 2 N–H and O–H groups in total. The Hall–Kier alpha value is -1.55. The van der Waals surface area contributed by atoms with E-state index in [0.717, 1.165) is 24.3 Å². The first-order valence-corrected chi connectivity index (χ1v) is 8.73. The van der Waals surface area contributed by atoms with Gasteiger partial charge in [0, 0.05) is 12.0 Å². The smallest absolute Gasteiger partial charge is 0.303 e. The van der Waals surface area contributed by atoms with Crippen molar-refractivity contribution >= 4 is 17.0 Å². The van der Waals surface area contributed by atoms with Crippen molar-refractivity contribution in [2.75, 3.05) is 0 Å². The van der Waals surface area contributed by atoms with Crippen molar-refractivity contribution in [2.45, 2.75) is 56.2 Å². The molecule has 0 saturated heterocycles. The van der Waals surface area contributed by atoms with Gasteiger partial charge in [-0.25, -0.2) is 30.9 Å². The van der Waals surface area contributed by atoms with Crippen molar-refractivity contribution in [1.29, 1.82) is 0 Å². The fraction of sp³-hybridized carbons (Fsp3) is 0.562. The molecule has 26 heavy (non-hydrogen) atoms. The zero-order chi connectivity index (χ0) is 20.3. The Morgan fingerprint density at radius 3 is 2.19 bits per heavy atom. The van der Waals surface area contributed by atoms with Gasteiger partial charge in [0.05, 0.1) is 22.2 Å². The van der Waals surface area contributed by atoms with E-state index in [-0.39, 0.29) is 0 Å². The van der Waals surface area contributed by atoms with E-state index in [0.29, 0.717) is 0 Å². The van der Waals surface area contributed by atoms with Crippen LogP contribution < -0.4 is 4.72 Å². The standard InChI is InChI=1S/C16H20F5NO3S/c1-14(2,3)26(25)22-16(13(18)19,10-6-4-5-7-11(10)17)15(20,21)9-8-12(23)24/h4-7,13,22H,8-9H2,1-3H3,(H,23,24)/t16-,26?/m0/s1. The molecule has 0 aromatic heterocycles. The van der Waals surface area contributed by atoms with Crippen LogP contribution in [0.15, 0.2) is 24.3 Å². The number of hydrogen-bond donors (Lipinski definition) is 2. The number of benzene rings is 1. The fourth-order valence-corrected chi connectivity index (χ4v) is 3.14. The van der Waals surface area contributed by atoms with E-state index in [9.17, 15) is 31.0 Å². The summed E-state index contributed by atoms with van der Waals surface area (Å²) in [4.78, 5) is 10.7. The fourth-order valence-electron chi connectivity index (χ4n) is 2.19. The van der Waals surface area contributed by atoms with Crippen LogP contribution in [0.1, 0.15) is 39.2 Å². The highest BCUT2D eigenvalue weighted by Crippen LogP contribution is 2.46. The van der Waals surface area contributed by atoms with Crippen LogP contribution in [0.25, 0.3) is 0 Å². The molecule has 1 unspecified atom stereocenters. The summed E-state index contributed by atoms with van der Waals surface area (Å²) in [6.45, 7) is 4.09. The predicted molar refractivity (Wildman–Crippen MR) is 86.9 cm³/mol. The van der Waals surface area contributed by atoms with Gasteiger partial charge in [-0.05, 0) is 26.8 Å². The number of carboxylic acid groups (broad SMARTS) is 1. The minimum atomic E-state index is -4.41. The molecule has 1 aromatic rings. The molecule has 1 rings (SSSR count). The summed E-state index contributed by atoms with van der Waals surface area (Å²) in [6, 6.07) is 3.68. The van der Waals surface area contributed by atoms with Gasteiger partial charge >= 0.3 is 5.97 Å². The second-order valence-corrected chi connectivity index (χ2v) is 8.64. The Morgan fingerprint density at radius 1 is 1.23 bits per heavy atom.